The van der Waals surface area contributed by atoms with Crippen LogP contribution >= 0.6 is 22.6 Å². The maximum absolute atomic E-state index is 14.5. The molecule has 1 saturated heterocycles. The van der Waals surface area contributed by atoms with Crippen molar-refractivity contribution in [2.45, 2.75) is 38.2 Å². The van der Waals surface area contributed by atoms with Gasteiger partial charge in [0.15, 0.2) is 11.5 Å². The van der Waals surface area contributed by atoms with Crippen LogP contribution in [-0.4, -0.2) is 38.0 Å². The van der Waals surface area contributed by atoms with E-state index in [9.17, 15) is 14.4 Å². The number of imide groups is 2. The molecule has 0 radical (unpaired) electrons. The molecule has 9 rings (SSSR count). The number of fused-ring (bicyclic) bond motifs is 1. The number of methoxy groups -OCH3 is 1. The highest BCUT2D eigenvalue weighted by Crippen LogP contribution is 2.50. The summed E-state index contributed by atoms with van der Waals surface area (Å²) in [5.74, 6) is -0.276. The van der Waals surface area contributed by atoms with E-state index in [1.165, 1.54) is 22.9 Å². The van der Waals surface area contributed by atoms with Crippen LogP contribution in [0.15, 0.2) is 127 Å². The Labute approximate surface area is 345 Å². The van der Waals surface area contributed by atoms with E-state index < -0.39 is 17.8 Å². The molecule has 3 heterocycles. The van der Waals surface area contributed by atoms with E-state index in [4.69, 9.17) is 9.47 Å². The van der Waals surface area contributed by atoms with Crippen LogP contribution in [-0.2, 0) is 16.2 Å². The average Bonchev–Trinajstić information content (AvgIpc) is 3.23. The quantitative estimate of drug-likeness (QED) is 0.0932. The lowest BCUT2D eigenvalue weighted by molar-refractivity contribution is -0.122. The molecule has 0 aliphatic carbocycles. The van der Waals surface area contributed by atoms with Gasteiger partial charge in [0.1, 0.15) is 12.2 Å². The molecule has 1 N–H and O–H groups in total. The number of urea groups is 1. The van der Waals surface area contributed by atoms with E-state index in [2.05, 4.69) is 113 Å². The second kappa shape index (κ2) is 15.2. The van der Waals surface area contributed by atoms with Crippen molar-refractivity contribution in [3.05, 3.63) is 169 Å². The van der Waals surface area contributed by atoms with Gasteiger partial charge in [-0.3, -0.25) is 14.9 Å². The molecular weight excluding hydrogens is 825 g/mol. The Hall–Kier alpha value is -5.94. The zero-order chi connectivity index (χ0) is 39.2. The maximum Gasteiger partial charge on any atom is 0.335 e. The van der Waals surface area contributed by atoms with Crippen molar-refractivity contribution >= 4 is 68.7 Å². The van der Waals surface area contributed by atoms with E-state index in [-0.39, 0.29) is 17.4 Å². The Kier molecular flexibility index (Phi) is 9.78. The van der Waals surface area contributed by atoms with E-state index >= 15 is 0 Å². The third-order valence-corrected chi connectivity index (χ3v) is 12.4. The summed E-state index contributed by atoms with van der Waals surface area (Å²) in [7, 11) is 1.56. The number of carbonyl (C=O) groups is 3. The summed E-state index contributed by atoms with van der Waals surface area (Å²) in [6.07, 6.45) is 3.33. The van der Waals surface area contributed by atoms with Crippen LogP contribution in [0.3, 0.4) is 0 Å². The summed E-state index contributed by atoms with van der Waals surface area (Å²) in [5.41, 5.74) is 8.76. The lowest BCUT2D eigenvalue weighted by atomic mass is 9.76. The first-order chi connectivity index (χ1) is 27.8. The van der Waals surface area contributed by atoms with Gasteiger partial charge >= 0.3 is 6.03 Å². The molecule has 3 aliphatic rings. The van der Waals surface area contributed by atoms with Crippen molar-refractivity contribution in [3.8, 4) is 11.5 Å². The molecule has 0 unspecified atom stereocenters. The fourth-order valence-electron chi connectivity index (χ4n) is 8.77. The number of hydrogen-bond acceptors (Lipinski definition) is 6. The SMILES string of the molecule is COc1cc(/C=C2\C(=O)NC(=O)N(c3cc4c5c(c3)[C@H](c3ccccc3)CCN5CC[C@@H]4c3ccccc3)C2=O)cc(I)c1OCc1c(C)ccc2ccccc12. The molecule has 0 spiro atoms. The van der Waals surface area contributed by atoms with Gasteiger partial charge in [0.05, 0.1) is 16.4 Å². The Morgan fingerprint density at radius 3 is 2.07 bits per heavy atom. The molecule has 0 aromatic heterocycles. The van der Waals surface area contributed by atoms with Crippen LogP contribution in [0.2, 0.25) is 0 Å². The first kappa shape index (κ1) is 36.7. The van der Waals surface area contributed by atoms with Crippen LogP contribution < -0.4 is 24.6 Å². The third-order valence-electron chi connectivity index (χ3n) is 11.6. The van der Waals surface area contributed by atoms with Crippen molar-refractivity contribution in [2.24, 2.45) is 0 Å². The second-order valence-corrected chi connectivity index (χ2v) is 16.0. The zero-order valence-electron chi connectivity index (χ0n) is 31.6. The Balaban J connectivity index is 1.09. The predicted octanol–water partition coefficient (Wildman–Crippen LogP) is 9.88. The number of nitrogens with one attached hydrogen (secondary N) is 1. The van der Waals surface area contributed by atoms with E-state index in [1.807, 2.05) is 42.5 Å². The van der Waals surface area contributed by atoms with Gasteiger partial charge < -0.3 is 14.4 Å². The largest absolute Gasteiger partial charge is 0.493 e. The van der Waals surface area contributed by atoms with Crippen molar-refractivity contribution in [3.63, 3.8) is 0 Å². The predicted molar refractivity (Wildman–Crippen MR) is 232 cm³/mol. The topological polar surface area (TPSA) is 88.2 Å². The van der Waals surface area contributed by atoms with Crippen molar-refractivity contribution in [1.82, 2.24) is 5.32 Å². The minimum absolute atomic E-state index is 0.0741. The number of anilines is 2. The van der Waals surface area contributed by atoms with Crippen LogP contribution in [0.1, 0.15) is 63.6 Å². The number of rotatable bonds is 8. The summed E-state index contributed by atoms with van der Waals surface area (Å²) >= 11 is 2.19. The highest BCUT2D eigenvalue weighted by molar-refractivity contribution is 14.1. The molecule has 2 atom stereocenters. The highest BCUT2D eigenvalue weighted by atomic mass is 127. The van der Waals surface area contributed by atoms with E-state index in [0.717, 1.165) is 67.4 Å². The molecule has 284 valence electrons. The minimum Gasteiger partial charge on any atom is -0.493 e. The number of barbiturate groups is 1. The van der Waals surface area contributed by atoms with Gasteiger partial charge in [-0.05, 0) is 117 Å². The number of nitrogens with zero attached hydrogens (tertiary/aromatic N) is 2. The lowest BCUT2D eigenvalue weighted by Crippen LogP contribution is -2.54. The van der Waals surface area contributed by atoms with Gasteiger partial charge in [-0.2, -0.15) is 0 Å². The first-order valence-corrected chi connectivity index (χ1v) is 20.3. The highest BCUT2D eigenvalue weighted by Gasteiger charge is 2.40. The molecule has 0 bridgehead atoms. The van der Waals surface area contributed by atoms with Gasteiger partial charge in [0.2, 0.25) is 0 Å². The molecule has 6 aromatic carbocycles. The molecule has 1 fully saturated rings. The van der Waals surface area contributed by atoms with Crippen LogP contribution in [0.5, 0.6) is 11.5 Å². The fraction of sp³-hybridized carbons (Fsp3) is 0.188. The third kappa shape index (κ3) is 6.73. The Morgan fingerprint density at radius 1 is 0.789 bits per heavy atom. The smallest absolute Gasteiger partial charge is 0.335 e. The van der Waals surface area contributed by atoms with Crippen LogP contribution in [0, 0.1) is 10.5 Å². The standard InChI is InChI=1S/C48H40IN3O5/c1-29-17-18-33-15-9-10-16-35(33)41(29)28-57-45-42(49)24-30(25-43(45)56-2)23-40-46(53)50-48(55)52(47(40)54)34-26-38-36(31-11-5-3-6-12-31)19-21-51-22-20-37(39(27-34)44(38)51)32-13-7-4-8-14-32/h3-18,23-27,36-37H,19-22,28H2,1-2H3,(H,50,53,55)/b40-23+/t36-,37+. The van der Waals surface area contributed by atoms with Crippen molar-refractivity contribution in [1.29, 1.82) is 0 Å². The summed E-state index contributed by atoms with van der Waals surface area (Å²) in [5, 5.41) is 4.72. The molecule has 9 heteroatoms. The van der Waals surface area contributed by atoms with E-state index in [1.54, 1.807) is 13.2 Å². The van der Waals surface area contributed by atoms with Crippen LogP contribution in [0.4, 0.5) is 16.2 Å². The maximum atomic E-state index is 14.5. The van der Waals surface area contributed by atoms with Crippen molar-refractivity contribution in [2.75, 3.05) is 30.0 Å². The molecule has 0 saturated carbocycles. The lowest BCUT2D eigenvalue weighted by Gasteiger charge is -2.44. The van der Waals surface area contributed by atoms with Gasteiger partial charge in [-0.25, -0.2) is 9.69 Å². The second-order valence-electron chi connectivity index (χ2n) is 14.8. The number of halogens is 1. The molecule has 4 amide bonds. The molecule has 57 heavy (non-hydrogen) atoms. The average molecular weight is 866 g/mol. The van der Waals surface area contributed by atoms with Gasteiger partial charge in [0, 0.05) is 36.2 Å². The van der Waals surface area contributed by atoms with Crippen LogP contribution in [0.25, 0.3) is 16.8 Å². The number of hydrogen-bond donors (Lipinski definition) is 1. The number of benzene rings is 6. The van der Waals surface area contributed by atoms with Gasteiger partial charge in [-0.15, -0.1) is 0 Å². The first-order valence-electron chi connectivity index (χ1n) is 19.2. The van der Waals surface area contributed by atoms with Gasteiger partial charge in [-0.1, -0.05) is 97.1 Å². The summed E-state index contributed by atoms with van der Waals surface area (Å²) in [6, 6.07) is 40.0. The fourth-order valence-corrected chi connectivity index (χ4v) is 9.55. The Bertz CT molecular complexity index is 2530. The summed E-state index contributed by atoms with van der Waals surface area (Å²) in [4.78, 5) is 45.3. The number of carbonyl (C=O) groups excluding carboxylic acids is 3. The summed E-state index contributed by atoms with van der Waals surface area (Å²) < 4.78 is 13.0. The number of aryl methyl sites for hydroxylation is 1. The normalized spacial score (nSPS) is 18.4. The van der Waals surface area contributed by atoms with E-state index in [0.29, 0.717) is 29.4 Å². The Morgan fingerprint density at radius 2 is 1.42 bits per heavy atom. The monoisotopic (exact) mass is 865 g/mol. The zero-order valence-corrected chi connectivity index (χ0v) is 33.8. The molecule has 8 nitrogen and oxygen atoms in total. The number of ether oxygens (including phenoxy) is 2. The minimum atomic E-state index is -0.773. The molecule has 6 aromatic rings. The number of amides is 4. The summed E-state index contributed by atoms with van der Waals surface area (Å²) in [6.45, 7) is 4.23. The van der Waals surface area contributed by atoms with Gasteiger partial charge in [0.25, 0.3) is 11.8 Å². The van der Waals surface area contributed by atoms with Crippen molar-refractivity contribution < 1.29 is 23.9 Å². The molecule has 3 aliphatic heterocycles. The molecular formula is C48H40IN3O5.